The van der Waals surface area contributed by atoms with Crippen molar-refractivity contribution in [3.05, 3.63) is 192 Å². The molecule has 12 heterocycles. The van der Waals surface area contributed by atoms with E-state index in [4.69, 9.17) is 31.0 Å². The van der Waals surface area contributed by atoms with Gasteiger partial charge in [0.15, 0.2) is 39.6 Å². The molecule has 0 aliphatic carbocycles. The number of phenolic OH excluding ortho intramolecular Hbond substituents is 6. The van der Waals surface area contributed by atoms with Gasteiger partial charge < -0.3 is 35.4 Å². The number of aromatic hydroxyl groups is 6. The molecule has 18 aromatic rings. The van der Waals surface area contributed by atoms with E-state index in [1.54, 1.807) is 116 Å². The Morgan fingerprint density at radius 2 is 0.879 bits per heavy atom. The van der Waals surface area contributed by atoms with Crippen molar-refractivity contribution < 1.29 is 40.2 Å². The summed E-state index contributed by atoms with van der Waals surface area (Å²) < 4.78 is 14.4. The minimum absolute atomic E-state index is 0.0926. The summed E-state index contributed by atoms with van der Waals surface area (Å²) in [6.07, 6.45) is 7.50. The number of benzene rings is 6. The van der Waals surface area contributed by atoms with Gasteiger partial charge in [0.2, 0.25) is 5.82 Å². The van der Waals surface area contributed by atoms with Crippen LogP contribution in [-0.4, -0.2) is 151 Å². The van der Waals surface area contributed by atoms with Crippen LogP contribution in [-0.2, 0) is 4.74 Å². The van der Waals surface area contributed by atoms with Gasteiger partial charge in [0.25, 0.3) is 0 Å². The lowest BCUT2D eigenvalue weighted by Gasteiger charge is -2.02. The largest absolute Gasteiger partial charge is 0.508 e. The lowest BCUT2D eigenvalue weighted by atomic mass is 10.3. The Morgan fingerprint density at radius 1 is 0.414 bits per heavy atom. The Labute approximate surface area is 549 Å². The summed E-state index contributed by atoms with van der Waals surface area (Å²) in [6.45, 7) is 2.00. The minimum atomic E-state index is -0.494. The van der Waals surface area contributed by atoms with Gasteiger partial charge in [-0.25, -0.2) is 23.8 Å². The highest BCUT2D eigenvalue weighted by atomic mass is 16.5. The number of esters is 1. The number of carbonyl (C=O) groups is 1. The molecule has 0 aliphatic rings. The number of ether oxygens (including phenoxy) is 1. The van der Waals surface area contributed by atoms with Crippen LogP contribution in [0.4, 0.5) is 0 Å². The van der Waals surface area contributed by atoms with Crippen LogP contribution < -0.4 is 0 Å². The zero-order valence-corrected chi connectivity index (χ0v) is 50.3. The van der Waals surface area contributed by atoms with Crippen molar-refractivity contribution in [2.75, 3.05) is 6.61 Å². The molecule has 99 heavy (non-hydrogen) atoms. The third kappa shape index (κ3) is 11.8. The molecule has 0 radical (unpaired) electrons. The molecule has 0 atom stereocenters. The average molecular weight is 1310 g/mol. The fourth-order valence-electron chi connectivity index (χ4n) is 10.0. The first-order valence-corrected chi connectivity index (χ1v) is 28.6. The van der Waals surface area contributed by atoms with E-state index in [0.717, 1.165) is 5.52 Å². The monoisotopic (exact) mass is 1310 g/mol. The van der Waals surface area contributed by atoms with Gasteiger partial charge >= 0.3 is 5.97 Å². The van der Waals surface area contributed by atoms with E-state index in [1.165, 1.54) is 76.4 Å². The Bertz CT molecular complexity index is 6060. The fraction of sp³-hybridized carbons (Fsp3) is 0.0312. The van der Waals surface area contributed by atoms with Crippen LogP contribution in [0.25, 0.3) is 100 Å². The lowest BCUT2D eigenvalue weighted by Crippen LogP contribution is -2.05. The summed E-state index contributed by atoms with van der Waals surface area (Å²) >= 11 is 0. The van der Waals surface area contributed by atoms with Crippen LogP contribution in [0.3, 0.4) is 0 Å². The van der Waals surface area contributed by atoms with Crippen LogP contribution >= 0.6 is 0 Å². The molecule has 0 saturated heterocycles. The smallest absolute Gasteiger partial charge is 0.343 e. The molecule has 476 valence electrons. The number of carbonyl (C=O) groups excluding carboxylic acids is 1. The van der Waals surface area contributed by atoms with Crippen LogP contribution in [0.5, 0.6) is 34.5 Å². The van der Waals surface area contributed by atoms with E-state index in [1.807, 2.05) is 24.3 Å². The van der Waals surface area contributed by atoms with Crippen molar-refractivity contribution in [2.45, 2.75) is 6.92 Å². The van der Waals surface area contributed by atoms with Crippen molar-refractivity contribution >= 4 is 106 Å². The molecule has 35 heteroatoms. The molecule has 0 aliphatic heterocycles. The van der Waals surface area contributed by atoms with Gasteiger partial charge in [0, 0.05) is 42.6 Å². The molecule has 0 amide bonds. The van der Waals surface area contributed by atoms with Crippen molar-refractivity contribution in [1.82, 2.24) is 108 Å². The maximum absolute atomic E-state index is 11.7. The predicted molar refractivity (Wildman–Crippen MR) is 344 cm³/mol. The Balaban J connectivity index is 0.000000107. The third-order valence-corrected chi connectivity index (χ3v) is 14.5. The van der Waals surface area contributed by atoms with Gasteiger partial charge in [-0.05, 0) is 97.9 Å². The minimum Gasteiger partial charge on any atom is -0.508 e. The average Bonchev–Trinajstić information content (AvgIpc) is 1.70. The Kier molecular flexibility index (Phi) is 16.2. The number of rotatable bonds is 2. The molecule has 0 spiro atoms. The number of hydrogen-bond acceptors (Lipinski definition) is 29. The van der Waals surface area contributed by atoms with Crippen molar-refractivity contribution in [3.8, 4) is 64.8 Å². The quantitative estimate of drug-likeness (QED) is 0.0987. The third-order valence-electron chi connectivity index (χ3n) is 14.5. The van der Waals surface area contributed by atoms with Crippen molar-refractivity contribution in [2.24, 2.45) is 0 Å². The van der Waals surface area contributed by atoms with Crippen LogP contribution in [0.15, 0.2) is 159 Å². The Hall–Kier alpha value is -16.0. The normalized spacial score (nSPS) is 10.7. The predicted octanol–water partition coefficient (Wildman–Crippen LogP) is 6.64. The van der Waals surface area contributed by atoms with E-state index >= 15 is 0 Å². The highest BCUT2D eigenvalue weighted by molar-refractivity contribution is 5.96. The van der Waals surface area contributed by atoms with Gasteiger partial charge in [-0.1, -0.05) is 0 Å². The molecule has 12 aromatic heterocycles. The first kappa shape index (κ1) is 61.9. The van der Waals surface area contributed by atoms with Crippen molar-refractivity contribution in [3.63, 3.8) is 0 Å². The number of imidazole rings is 2. The maximum Gasteiger partial charge on any atom is 0.343 e. The molecule has 6 N–H and O–H groups in total. The highest BCUT2D eigenvalue weighted by Crippen LogP contribution is 2.26. The number of nitriles is 5. The molecule has 0 fully saturated rings. The van der Waals surface area contributed by atoms with Crippen LogP contribution in [0.2, 0.25) is 0 Å². The first-order valence-electron chi connectivity index (χ1n) is 28.6. The second-order valence-corrected chi connectivity index (χ2v) is 20.5. The number of aromatic nitrogens is 22. The lowest BCUT2D eigenvalue weighted by molar-refractivity contribution is 0.0528. The molecule has 0 bridgehead atoms. The van der Waals surface area contributed by atoms with E-state index < -0.39 is 5.97 Å². The molecule has 6 aromatic carbocycles. The topological polar surface area (TPSA) is 499 Å². The zero-order chi connectivity index (χ0) is 69.0. The van der Waals surface area contributed by atoms with Crippen LogP contribution in [0.1, 0.15) is 45.6 Å². The van der Waals surface area contributed by atoms with Gasteiger partial charge in [0.1, 0.15) is 121 Å². The number of fused-ring (bicyclic) bond motifs is 18. The first-order chi connectivity index (χ1) is 48.2. The molecule has 18 rings (SSSR count). The SMILES string of the molecule is CCOC(=O)c1cnn2c1nnc1ccc(O)cc12.N#Cc1ccc2nnc3ccc(O)cc3n12.N#Cc1ccn2c1nnc1ccc(O)cc12.N#Cc1cnn2c1nnc1ccc(O)cc12.N#Cc1ncc2nnc3ccc(O)cc3n12.N#Cc1ncn2c1nnc1ccc(O)cc12. The van der Waals surface area contributed by atoms with E-state index in [-0.39, 0.29) is 58.2 Å². The summed E-state index contributed by atoms with van der Waals surface area (Å²) in [5, 5.41) is 157. The Morgan fingerprint density at radius 3 is 1.42 bits per heavy atom. The van der Waals surface area contributed by atoms with Gasteiger partial charge in [-0.3, -0.25) is 17.6 Å². The second-order valence-electron chi connectivity index (χ2n) is 20.5. The second kappa shape index (κ2) is 26.0. The summed E-state index contributed by atoms with van der Waals surface area (Å²) in [7, 11) is 0. The van der Waals surface area contributed by atoms with Gasteiger partial charge in [-0.15, -0.1) is 61.2 Å². The molecular weight excluding hydrogens is 1270 g/mol. The van der Waals surface area contributed by atoms with E-state index in [9.17, 15) is 35.4 Å². The van der Waals surface area contributed by atoms with Gasteiger partial charge in [0.05, 0.1) is 63.9 Å². The van der Waals surface area contributed by atoms with Gasteiger partial charge in [-0.2, -0.15) is 36.5 Å². The maximum atomic E-state index is 11.7. The number of phenols is 6. The fourth-order valence-corrected chi connectivity index (χ4v) is 10.0. The van der Waals surface area contributed by atoms with E-state index in [0.29, 0.717) is 111 Å². The van der Waals surface area contributed by atoms with E-state index in [2.05, 4.69) is 87.4 Å². The molecule has 0 unspecified atom stereocenters. The molecule has 35 nitrogen and oxygen atoms in total. The summed E-state index contributed by atoms with van der Waals surface area (Å²) in [5.74, 6) is 0.486. The highest BCUT2D eigenvalue weighted by Gasteiger charge is 2.19. The van der Waals surface area contributed by atoms with Crippen LogP contribution in [0, 0.1) is 56.7 Å². The number of hydrogen-bond donors (Lipinski definition) is 6. The molecule has 0 saturated carbocycles. The number of nitrogens with zero attached hydrogens (tertiary/aromatic N) is 27. The summed E-state index contributed by atoms with van der Waals surface area (Å²) in [5.41, 5.74) is 12.0. The zero-order valence-electron chi connectivity index (χ0n) is 50.3. The molecular formula is C64H37N27O8. The van der Waals surface area contributed by atoms with Crippen molar-refractivity contribution in [1.29, 1.82) is 26.3 Å². The summed E-state index contributed by atoms with van der Waals surface area (Å²) in [6, 6.07) is 43.4. The summed E-state index contributed by atoms with van der Waals surface area (Å²) in [4.78, 5) is 19.6. The standard InChI is InChI=1S/C12H10N4O3.2C11H6N4O.3C10H5N5O/c1-2-19-12(18)8-6-13-16-10-5-7(17)3-4-9(10)14-15-11(8)16;12-6-7-1-4-11-14-13-9-3-2-8(16)5-10(9)15(7)11;12-6-7-3-4-15-10-5-8(16)1-2-9(10)13-14-11(7)15;11-4-6-5-12-15-9-3-7(16)1-2-8(9)13-14-10(6)15;11-4-8-10-14-13-7-2-1-6(16)3-9(7)15(10)5-12-8;11-4-9-12-5-10-14-13-7-2-1-6(16)3-8(7)15(9)10/h3-6,17H,2H2,1H3;2*1-5,16H;3*1-3,5,16H.